The third-order valence-corrected chi connectivity index (χ3v) is 4.59. The average Bonchev–Trinajstić information content (AvgIpc) is 2.30. The molecule has 0 N–H and O–H groups in total. The van der Waals surface area contributed by atoms with Gasteiger partial charge in [-0.3, -0.25) is 4.31 Å². The van der Waals surface area contributed by atoms with Gasteiger partial charge in [-0.2, -0.15) is 0 Å². The minimum atomic E-state index is -3.44. The van der Waals surface area contributed by atoms with Gasteiger partial charge in [-0.25, -0.2) is 8.42 Å². The highest BCUT2D eigenvalue weighted by Gasteiger charge is 2.26. The predicted octanol–water partition coefficient (Wildman–Crippen LogP) is 1.88. The van der Waals surface area contributed by atoms with Crippen LogP contribution < -0.4 is 0 Å². The van der Waals surface area contributed by atoms with E-state index < -0.39 is 10.0 Å². The molecule has 0 spiro atoms. The van der Waals surface area contributed by atoms with Crippen LogP contribution in [0.2, 0.25) is 0 Å². The summed E-state index contributed by atoms with van der Waals surface area (Å²) >= 11 is 0. The molecule has 4 nitrogen and oxygen atoms in total. The van der Waals surface area contributed by atoms with E-state index in [1.165, 1.54) is 10.6 Å². The van der Waals surface area contributed by atoms with E-state index >= 15 is 0 Å². The van der Waals surface area contributed by atoms with Gasteiger partial charge in [0.15, 0.2) is 0 Å². The van der Waals surface area contributed by atoms with Crippen LogP contribution in [-0.2, 0) is 14.8 Å². The molecular formula is C12H15NO3S. The molecule has 0 saturated heterocycles. The van der Waals surface area contributed by atoms with Crippen LogP contribution in [0.15, 0.2) is 41.1 Å². The van der Waals surface area contributed by atoms with Crippen LogP contribution >= 0.6 is 0 Å². The number of benzene rings is 1. The Morgan fingerprint density at radius 1 is 1.18 bits per heavy atom. The summed E-state index contributed by atoms with van der Waals surface area (Å²) in [7, 11) is -3.44. The Morgan fingerprint density at radius 2 is 1.82 bits per heavy atom. The zero-order valence-electron chi connectivity index (χ0n) is 9.88. The van der Waals surface area contributed by atoms with Gasteiger partial charge in [0.25, 0.3) is 10.0 Å². The number of nitrogens with zero attached hydrogens (tertiary/aromatic N) is 1. The summed E-state index contributed by atoms with van der Waals surface area (Å²) in [6, 6.07) is 6.86. The second-order valence-corrected chi connectivity index (χ2v) is 5.88. The standard InChI is InChI=1S/C12H15NO3S/c1-10-3-5-12(6-4-10)17(14,15)13-7-8-16-9-11(13)2/h3-6,9H,7-8H2,1-2H3. The third-order valence-electron chi connectivity index (χ3n) is 2.67. The van der Waals surface area contributed by atoms with Crippen LogP contribution in [0.3, 0.4) is 0 Å². The second kappa shape index (κ2) is 4.41. The summed E-state index contributed by atoms with van der Waals surface area (Å²) in [5.74, 6) is 0. The minimum Gasteiger partial charge on any atom is -0.497 e. The van der Waals surface area contributed by atoms with Crippen LogP contribution in [-0.4, -0.2) is 25.9 Å². The summed E-state index contributed by atoms with van der Waals surface area (Å²) in [5.41, 5.74) is 1.65. The Kier molecular flexibility index (Phi) is 3.11. The molecule has 1 aliphatic heterocycles. The van der Waals surface area contributed by atoms with Crippen LogP contribution in [0.25, 0.3) is 0 Å². The molecule has 1 aromatic rings. The summed E-state index contributed by atoms with van der Waals surface area (Å²) in [5, 5.41) is 0. The van der Waals surface area contributed by atoms with E-state index in [-0.39, 0.29) is 0 Å². The van der Waals surface area contributed by atoms with Crippen LogP contribution in [0.1, 0.15) is 12.5 Å². The van der Waals surface area contributed by atoms with Crippen molar-refractivity contribution >= 4 is 10.0 Å². The lowest BCUT2D eigenvalue weighted by molar-refractivity contribution is 0.197. The minimum absolute atomic E-state index is 0.317. The molecule has 0 unspecified atom stereocenters. The van der Waals surface area contributed by atoms with Crippen molar-refractivity contribution in [3.8, 4) is 0 Å². The summed E-state index contributed by atoms with van der Waals surface area (Å²) in [4.78, 5) is 0.317. The monoisotopic (exact) mass is 253 g/mol. The predicted molar refractivity (Wildman–Crippen MR) is 64.8 cm³/mol. The molecule has 1 aromatic carbocycles. The van der Waals surface area contributed by atoms with E-state index in [9.17, 15) is 8.42 Å². The van der Waals surface area contributed by atoms with Crippen molar-refractivity contribution < 1.29 is 13.2 Å². The van der Waals surface area contributed by atoms with Gasteiger partial charge in [-0.05, 0) is 26.0 Å². The fourth-order valence-corrected chi connectivity index (χ4v) is 3.17. The maximum atomic E-state index is 12.3. The maximum Gasteiger partial charge on any atom is 0.264 e. The van der Waals surface area contributed by atoms with Crippen LogP contribution in [0.5, 0.6) is 0 Å². The summed E-state index contributed by atoms with van der Waals surface area (Å²) < 4.78 is 31.1. The molecule has 0 atom stereocenters. The largest absolute Gasteiger partial charge is 0.497 e. The molecule has 1 aliphatic rings. The van der Waals surface area contributed by atoms with Gasteiger partial charge in [0.05, 0.1) is 17.1 Å². The van der Waals surface area contributed by atoms with Gasteiger partial charge < -0.3 is 4.74 Å². The van der Waals surface area contributed by atoms with Gasteiger partial charge >= 0.3 is 0 Å². The SMILES string of the molecule is CC1=COCCN1S(=O)(=O)c1ccc(C)cc1. The van der Waals surface area contributed by atoms with Crippen molar-refractivity contribution in [2.75, 3.05) is 13.2 Å². The number of hydrogen-bond acceptors (Lipinski definition) is 3. The Morgan fingerprint density at radius 3 is 2.41 bits per heavy atom. The van der Waals surface area contributed by atoms with Gasteiger partial charge in [0.1, 0.15) is 12.9 Å². The van der Waals surface area contributed by atoms with Gasteiger partial charge in [-0.1, -0.05) is 17.7 Å². The Labute approximate surface area is 102 Å². The number of rotatable bonds is 2. The van der Waals surface area contributed by atoms with Crippen molar-refractivity contribution in [3.05, 3.63) is 41.8 Å². The highest BCUT2D eigenvalue weighted by molar-refractivity contribution is 7.89. The lowest BCUT2D eigenvalue weighted by atomic mass is 10.2. The molecule has 0 saturated carbocycles. The van der Waals surface area contributed by atoms with E-state index in [0.29, 0.717) is 23.7 Å². The molecule has 92 valence electrons. The molecule has 0 aliphatic carbocycles. The number of allylic oxidation sites excluding steroid dienone is 1. The molecule has 0 radical (unpaired) electrons. The van der Waals surface area contributed by atoms with E-state index in [0.717, 1.165) is 5.56 Å². The number of aryl methyl sites for hydroxylation is 1. The number of ether oxygens (including phenoxy) is 1. The molecule has 5 heteroatoms. The molecule has 0 aromatic heterocycles. The van der Waals surface area contributed by atoms with E-state index in [2.05, 4.69) is 0 Å². The zero-order valence-corrected chi connectivity index (χ0v) is 10.7. The van der Waals surface area contributed by atoms with Gasteiger partial charge in [0, 0.05) is 0 Å². The molecule has 0 fully saturated rings. The second-order valence-electron chi connectivity index (χ2n) is 4.02. The first-order valence-corrected chi connectivity index (χ1v) is 6.83. The number of hydrogen-bond donors (Lipinski definition) is 0. The zero-order chi connectivity index (χ0) is 12.5. The molecule has 0 bridgehead atoms. The molecular weight excluding hydrogens is 238 g/mol. The highest BCUT2D eigenvalue weighted by atomic mass is 32.2. The normalized spacial score (nSPS) is 16.4. The molecule has 0 amide bonds. The third kappa shape index (κ3) is 2.29. The average molecular weight is 253 g/mol. The van der Waals surface area contributed by atoms with Crippen molar-refractivity contribution in [2.45, 2.75) is 18.7 Å². The fourth-order valence-electron chi connectivity index (χ4n) is 1.70. The lowest BCUT2D eigenvalue weighted by Gasteiger charge is -2.27. The van der Waals surface area contributed by atoms with Crippen molar-refractivity contribution in [3.63, 3.8) is 0 Å². The van der Waals surface area contributed by atoms with E-state index in [4.69, 9.17) is 4.74 Å². The van der Waals surface area contributed by atoms with Crippen molar-refractivity contribution in [1.82, 2.24) is 4.31 Å². The Balaban J connectivity index is 2.39. The summed E-state index contributed by atoms with van der Waals surface area (Å²) in [6.07, 6.45) is 1.48. The lowest BCUT2D eigenvalue weighted by Crippen LogP contribution is -2.34. The number of sulfonamides is 1. The van der Waals surface area contributed by atoms with Crippen molar-refractivity contribution in [1.29, 1.82) is 0 Å². The molecule has 1 heterocycles. The van der Waals surface area contributed by atoms with E-state index in [1.54, 1.807) is 31.2 Å². The van der Waals surface area contributed by atoms with Crippen LogP contribution in [0, 0.1) is 6.92 Å². The molecule has 2 rings (SSSR count). The highest BCUT2D eigenvalue weighted by Crippen LogP contribution is 2.22. The van der Waals surface area contributed by atoms with Crippen molar-refractivity contribution in [2.24, 2.45) is 0 Å². The smallest absolute Gasteiger partial charge is 0.264 e. The van der Waals surface area contributed by atoms with Crippen LogP contribution in [0.4, 0.5) is 0 Å². The fraction of sp³-hybridized carbons (Fsp3) is 0.333. The van der Waals surface area contributed by atoms with Gasteiger partial charge in [0.2, 0.25) is 0 Å². The van der Waals surface area contributed by atoms with E-state index in [1.807, 2.05) is 6.92 Å². The first-order chi connectivity index (χ1) is 8.01. The maximum absolute atomic E-state index is 12.3. The summed E-state index contributed by atoms with van der Waals surface area (Å²) in [6.45, 7) is 4.40. The first kappa shape index (κ1) is 12.0. The quantitative estimate of drug-likeness (QED) is 0.808. The Bertz CT molecular complexity index is 531. The molecule has 17 heavy (non-hydrogen) atoms. The first-order valence-electron chi connectivity index (χ1n) is 5.39. The Hall–Kier alpha value is -1.49. The topological polar surface area (TPSA) is 46.6 Å². The van der Waals surface area contributed by atoms with Gasteiger partial charge in [-0.15, -0.1) is 0 Å².